The molecule has 0 spiro atoms. The zero-order valence-corrected chi connectivity index (χ0v) is 8.04. The summed E-state index contributed by atoms with van der Waals surface area (Å²) in [7, 11) is 0. The van der Waals surface area contributed by atoms with Crippen LogP contribution in [0.15, 0.2) is 0 Å². The lowest BCUT2D eigenvalue weighted by Gasteiger charge is -2.39. The second-order valence-electron chi connectivity index (χ2n) is 3.44. The Morgan fingerprint density at radius 3 is 2.36 bits per heavy atom. The van der Waals surface area contributed by atoms with Crippen LogP contribution in [0.4, 0.5) is 0 Å². The lowest BCUT2D eigenvalue weighted by atomic mass is 9.98. The van der Waals surface area contributed by atoms with E-state index in [4.69, 9.17) is 4.74 Å². The number of hydrogen-bond donors (Lipinski definition) is 4. The zero-order chi connectivity index (χ0) is 10.9. The van der Waals surface area contributed by atoms with Gasteiger partial charge in [-0.25, -0.2) is 0 Å². The molecule has 0 aromatic rings. The van der Waals surface area contributed by atoms with E-state index >= 15 is 0 Å². The SMILES string of the molecule is CC(=O)N[C@@H]1[C@H](O)[C@H](O)[C@H](C)O[C@@H]1O. The predicted octanol–water partition coefficient (Wildman–Crippen LogP) is -2.05. The van der Waals surface area contributed by atoms with Crippen molar-refractivity contribution in [2.24, 2.45) is 0 Å². The van der Waals surface area contributed by atoms with E-state index in [0.29, 0.717) is 0 Å². The number of carbonyl (C=O) groups excluding carboxylic acids is 1. The molecule has 5 atom stereocenters. The molecule has 6 heteroatoms. The highest BCUT2D eigenvalue weighted by molar-refractivity contribution is 5.73. The Kier molecular flexibility index (Phi) is 3.43. The molecule has 1 fully saturated rings. The fraction of sp³-hybridized carbons (Fsp3) is 0.875. The van der Waals surface area contributed by atoms with Gasteiger partial charge in [0.2, 0.25) is 5.91 Å². The first-order chi connectivity index (χ1) is 6.43. The monoisotopic (exact) mass is 205 g/mol. The summed E-state index contributed by atoms with van der Waals surface area (Å²) in [6.45, 7) is 2.78. The van der Waals surface area contributed by atoms with Crippen LogP contribution < -0.4 is 5.32 Å². The summed E-state index contributed by atoms with van der Waals surface area (Å²) >= 11 is 0. The molecule has 1 amide bonds. The largest absolute Gasteiger partial charge is 0.388 e. The van der Waals surface area contributed by atoms with Gasteiger partial charge in [0.05, 0.1) is 6.10 Å². The number of aliphatic hydroxyl groups is 3. The number of amides is 1. The number of aliphatic hydroxyl groups excluding tert-OH is 3. The van der Waals surface area contributed by atoms with Crippen LogP contribution in [0.1, 0.15) is 13.8 Å². The van der Waals surface area contributed by atoms with Crippen molar-refractivity contribution in [3.8, 4) is 0 Å². The van der Waals surface area contributed by atoms with Crippen LogP contribution in [0.2, 0.25) is 0 Å². The Labute approximate surface area is 81.5 Å². The standard InChI is InChI=1S/C8H15NO5/c1-3-6(11)7(12)5(8(13)14-3)9-4(2)10/h3,5-8,11-13H,1-2H3,(H,9,10)/t3-,5+,6+,7-,8-/m0/s1. The quantitative estimate of drug-likeness (QED) is 0.395. The van der Waals surface area contributed by atoms with Crippen molar-refractivity contribution in [2.45, 2.75) is 44.5 Å². The third kappa shape index (κ3) is 2.21. The van der Waals surface area contributed by atoms with Gasteiger partial charge in [0, 0.05) is 6.92 Å². The topological polar surface area (TPSA) is 99.0 Å². The summed E-state index contributed by atoms with van der Waals surface area (Å²) in [5.41, 5.74) is 0. The highest BCUT2D eigenvalue weighted by Crippen LogP contribution is 2.19. The van der Waals surface area contributed by atoms with Gasteiger partial charge in [0.15, 0.2) is 6.29 Å². The second-order valence-corrected chi connectivity index (χ2v) is 3.44. The van der Waals surface area contributed by atoms with Crippen LogP contribution in [0.3, 0.4) is 0 Å². The number of nitrogens with one attached hydrogen (secondary N) is 1. The molecule has 14 heavy (non-hydrogen) atoms. The minimum atomic E-state index is -1.30. The molecule has 1 aliphatic rings. The molecule has 0 aromatic heterocycles. The highest BCUT2D eigenvalue weighted by Gasteiger charge is 2.42. The van der Waals surface area contributed by atoms with Crippen LogP contribution >= 0.6 is 0 Å². The number of rotatable bonds is 1. The molecule has 82 valence electrons. The van der Waals surface area contributed by atoms with E-state index in [9.17, 15) is 20.1 Å². The second kappa shape index (κ2) is 4.22. The summed E-state index contributed by atoms with van der Waals surface area (Å²) in [4.78, 5) is 10.7. The van der Waals surface area contributed by atoms with Crippen LogP contribution in [0, 0.1) is 0 Å². The van der Waals surface area contributed by atoms with Gasteiger partial charge in [-0.05, 0) is 6.92 Å². The van der Waals surface area contributed by atoms with Crippen LogP contribution in [0.5, 0.6) is 0 Å². The Bertz CT molecular complexity index is 222. The Balaban J connectivity index is 2.68. The van der Waals surface area contributed by atoms with Gasteiger partial charge in [-0.3, -0.25) is 4.79 Å². The molecule has 6 nitrogen and oxygen atoms in total. The fourth-order valence-electron chi connectivity index (χ4n) is 1.44. The third-order valence-electron chi connectivity index (χ3n) is 2.23. The first-order valence-corrected chi connectivity index (χ1v) is 4.40. The van der Waals surface area contributed by atoms with E-state index in [1.165, 1.54) is 13.8 Å². The van der Waals surface area contributed by atoms with Crippen molar-refractivity contribution in [2.75, 3.05) is 0 Å². The maximum atomic E-state index is 10.7. The van der Waals surface area contributed by atoms with Gasteiger partial charge < -0.3 is 25.4 Å². The molecule has 0 radical (unpaired) electrons. The average Bonchev–Trinajstić information content (AvgIpc) is 2.09. The summed E-state index contributed by atoms with van der Waals surface area (Å²) in [6, 6.07) is -0.987. The number of ether oxygens (including phenoxy) is 1. The lowest BCUT2D eigenvalue weighted by Crippen LogP contribution is -2.62. The molecule has 0 saturated carbocycles. The Morgan fingerprint density at radius 1 is 1.29 bits per heavy atom. The molecule has 1 aliphatic heterocycles. The molecule has 0 aromatic carbocycles. The van der Waals surface area contributed by atoms with E-state index in [2.05, 4.69) is 5.32 Å². The Hall–Kier alpha value is -0.690. The van der Waals surface area contributed by atoms with E-state index in [1.54, 1.807) is 0 Å². The molecule has 0 unspecified atom stereocenters. The summed E-state index contributed by atoms with van der Waals surface area (Å²) in [6.07, 6.45) is -4.30. The van der Waals surface area contributed by atoms with Crippen LogP contribution in [-0.4, -0.2) is 51.9 Å². The van der Waals surface area contributed by atoms with E-state index < -0.39 is 36.6 Å². The third-order valence-corrected chi connectivity index (χ3v) is 2.23. The van der Waals surface area contributed by atoms with Crippen LogP contribution in [-0.2, 0) is 9.53 Å². The van der Waals surface area contributed by atoms with Crippen molar-refractivity contribution < 1.29 is 24.9 Å². The molecule has 1 rings (SSSR count). The number of carbonyl (C=O) groups is 1. The van der Waals surface area contributed by atoms with Crippen molar-refractivity contribution in [1.82, 2.24) is 5.32 Å². The first-order valence-electron chi connectivity index (χ1n) is 4.40. The molecular formula is C8H15NO5. The number of hydrogen-bond acceptors (Lipinski definition) is 5. The van der Waals surface area contributed by atoms with E-state index in [1.807, 2.05) is 0 Å². The van der Waals surface area contributed by atoms with E-state index in [0.717, 1.165) is 0 Å². The maximum Gasteiger partial charge on any atom is 0.217 e. The fourth-order valence-corrected chi connectivity index (χ4v) is 1.44. The van der Waals surface area contributed by atoms with Gasteiger partial charge >= 0.3 is 0 Å². The van der Waals surface area contributed by atoms with E-state index in [-0.39, 0.29) is 0 Å². The minimum Gasteiger partial charge on any atom is -0.388 e. The summed E-state index contributed by atoms with van der Waals surface area (Å²) in [5.74, 6) is -0.404. The normalized spacial score (nSPS) is 43.4. The van der Waals surface area contributed by atoms with Crippen molar-refractivity contribution in [3.05, 3.63) is 0 Å². The molecular weight excluding hydrogens is 190 g/mol. The van der Waals surface area contributed by atoms with Crippen molar-refractivity contribution >= 4 is 5.91 Å². The Morgan fingerprint density at radius 2 is 1.86 bits per heavy atom. The minimum absolute atomic E-state index is 0.404. The summed E-state index contributed by atoms with van der Waals surface area (Å²) < 4.78 is 4.91. The average molecular weight is 205 g/mol. The highest BCUT2D eigenvalue weighted by atomic mass is 16.6. The molecule has 1 heterocycles. The van der Waals surface area contributed by atoms with Gasteiger partial charge in [-0.2, -0.15) is 0 Å². The molecule has 1 saturated heterocycles. The molecule has 0 aliphatic carbocycles. The zero-order valence-electron chi connectivity index (χ0n) is 8.04. The van der Waals surface area contributed by atoms with Gasteiger partial charge in [0.25, 0.3) is 0 Å². The molecule has 4 N–H and O–H groups in total. The van der Waals surface area contributed by atoms with Crippen molar-refractivity contribution in [3.63, 3.8) is 0 Å². The smallest absolute Gasteiger partial charge is 0.217 e. The van der Waals surface area contributed by atoms with Gasteiger partial charge in [-0.15, -0.1) is 0 Å². The predicted molar refractivity (Wildman–Crippen MR) is 46.2 cm³/mol. The van der Waals surface area contributed by atoms with Crippen LogP contribution in [0.25, 0.3) is 0 Å². The summed E-state index contributed by atoms with van der Waals surface area (Å²) in [5, 5.41) is 30.6. The van der Waals surface area contributed by atoms with Gasteiger partial charge in [-0.1, -0.05) is 0 Å². The van der Waals surface area contributed by atoms with Gasteiger partial charge in [0.1, 0.15) is 18.2 Å². The first kappa shape index (κ1) is 11.4. The molecule has 0 bridgehead atoms. The maximum absolute atomic E-state index is 10.7. The van der Waals surface area contributed by atoms with Crippen molar-refractivity contribution in [1.29, 1.82) is 0 Å². The lowest BCUT2D eigenvalue weighted by molar-refractivity contribution is -0.242.